The largest absolute Gasteiger partial charge is 0.437 e. The summed E-state index contributed by atoms with van der Waals surface area (Å²) in [7, 11) is 0. The molecule has 106 valence electrons. The number of para-hydroxylation sites is 1. The van der Waals surface area contributed by atoms with Crippen molar-refractivity contribution in [2.24, 2.45) is 0 Å². The minimum atomic E-state index is -0.553. The number of hydrogen-bond donors (Lipinski definition) is 1. The zero-order chi connectivity index (χ0) is 14.8. The van der Waals surface area contributed by atoms with E-state index in [1.165, 1.54) is 0 Å². The van der Waals surface area contributed by atoms with Crippen molar-refractivity contribution in [3.63, 3.8) is 0 Å². The third kappa shape index (κ3) is 2.85. The molecule has 4 nitrogen and oxygen atoms in total. The summed E-state index contributed by atoms with van der Waals surface area (Å²) in [5.74, 6) is 1.11. The molecule has 3 rings (SSSR count). The summed E-state index contributed by atoms with van der Waals surface area (Å²) >= 11 is 0. The van der Waals surface area contributed by atoms with Gasteiger partial charge in [-0.25, -0.2) is 9.97 Å². The lowest BCUT2D eigenvalue weighted by Crippen LogP contribution is -1.95. The Kier molecular flexibility index (Phi) is 3.54. The number of pyridine rings is 2. The molecule has 21 heavy (non-hydrogen) atoms. The molecule has 0 radical (unpaired) electrons. The highest BCUT2D eigenvalue weighted by Gasteiger charge is 2.08. The lowest BCUT2D eigenvalue weighted by atomic mass is 10.2. The Balaban J connectivity index is 2.02. The van der Waals surface area contributed by atoms with Gasteiger partial charge in [0.1, 0.15) is 5.52 Å². The maximum atomic E-state index is 9.63. The predicted octanol–water partition coefficient (Wildman–Crippen LogP) is 3.78. The first-order valence-corrected chi connectivity index (χ1v) is 6.82. The van der Waals surface area contributed by atoms with Crippen LogP contribution in [0.4, 0.5) is 0 Å². The molecule has 3 aromatic rings. The van der Waals surface area contributed by atoms with Crippen molar-refractivity contribution in [1.29, 1.82) is 0 Å². The molecule has 2 heterocycles. The molecule has 0 aliphatic rings. The van der Waals surface area contributed by atoms with Gasteiger partial charge in [-0.15, -0.1) is 0 Å². The molecule has 4 heteroatoms. The average molecular weight is 280 g/mol. The lowest BCUT2D eigenvalue weighted by molar-refractivity contribution is 0.198. The van der Waals surface area contributed by atoms with Crippen molar-refractivity contribution in [1.82, 2.24) is 9.97 Å². The number of rotatable bonds is 3. The second-order valence-electron chi connectivity index (χ2n) is 4.99. The van der Waals surface area contributed by atoms with Gasteiger partial charge in [-0.3, -0.25) is 0 Å². The van der Waals surface area contributed by atoms with Crippen LogP contribution < -0.4 is 4.74 Å². The van der Waals surface area contributed by atoms with Gasteiger partial charge in [-0.05, 0) is 37.6 Å². The van der Waals surface area contributed by atoms with E-state index in [2.05, 4.69) is 9.97 Å². The van der Waals surface area contributed by atoms with E-state index in [4.69, 9.17) is 4.74 Å². The highest BCUT2D eigenvalue weighted by molar-refractivity contribution is 5.84. The van der Waals surface area contributed by atoms with Crippen LogP contribution in [0.2, 0.25) is 0 Å². The molecular formula is C17H16N2O2. The standard InChI is InChI=1S/C17H16N2O2/c1-11-6-7-13-4-3-5-15(17(13)19-11)21-16-10-14(12(2)20)8-9-18-16/h3-10,12,20H,1-2H3. The number of hydrogen-bond acceptors (Lipinski definition) is 4. The molecule has 0 saturated heterocycles. The summed E-state index contributed by atoms with van der Waals surface area (Å²) in [6.07, 6.45) is 1.07. The molecule has 0 bridgehead atoms. The third-order valence-corrected chi connectivity index (χ3v) is 3.28. The van der Waals surface area contributed by atoms with Crippen LogP contribution in [-0.4, -0.2) is 15.1 Å². The van der Waals surface area contributed by atoms with E-state index in [1.54, 1.807) is 25.3 Å². The fourth-order valence-electron chi connectivity index (χ4n) is 2.15. The lowest BCUT2D eigenvalue weighted by Gasteiger charge is -2.10. The molecule has 0 aliphatic carbocycles. The van der Waals surface area contributed by atoms with Crippen molar-refractivity contribution in [3.8, 4) is 11.6 Å². The van der Waals surface area contributed by atoms with Crippen LogP contribution in [0.5, 0.6) is 11.6 Å². The smallest absolute Gasteiger partial charge is 0.219 e. The van der Waals surface area contributed by atoms with E-state index in [1.807, 2.05) is 37.3 Å². The fraction of sp³-hybridized carbons (Fsp3) is 0.176. The van der Waals surface area contributed by atoms with Gasteiger partial charge >= 0.3 is 0 Å². The number of aryl methyl sites for hydroxylation is 1. The molecule has 0 fully saturated rings. The minimum absolute atomic E-state index is 0.448. The SMILES string of the molecule is Cc1ccc2cccc(Oc3cc(C(C)O)ccn3)c2n1. The molecule has 2 aromatic heterocycles. The Morgan fingerprint density at radius 3 is 2.81 bits per heavy atom. The van der Waals surface area contributed by atoms with E-state index >= 15 is 0 Å². The van der Waals surface area contributed by atoms with Crippen molar-refractivity contribution in [2.75, 3.05) is 0 Å². The number of aromatic nitrogens is 2. The van der Waals surface area contributed by atoms with Crippen LogP contribution in [-0.2, 0) is 0 Å². The topological polar surface area (TPSA) is 55.2 Å². The normalized spacial score (nSPS) is 12.3. The molecule has 1 N–H and O–H groups in total. The summed E-state index contributed by atoms with van der Waals surface area (Å²) in [4.78, 5) is 8.71. The summed E-state index contributed by atoms with van der Waals surface area (Å²) in [6, 6.07) is 13.3. The summed E-state index contributed by atoms with van der Waals surface area (Å²) < 4.78 is 5.85. The maximum absolute atomic E-state index is 9.63. The first kappa shape index (κ1) is 13.5. The molecule has 1 atom stereocenters. The second-order valence-corrected chi connectivity index (χ2v) is 4.99. The number of ether oxygens (including phenoxy) is 1. The first-order chi connectivity index (χ1) is 10.1. The molecular weight excluding hydrogens is 264 g/mol. The van der Waals surface area contributed by atoms with Gasteiger partial charge < -0.3 is 9.84 Å². The first-order valence-electron chi connectivity index (χ1n) is 6.82. The molecule has 0 amide bonds. The monoisotopic (exact) mass is 280 g/mol. The molecule has 0 spiro atoms. The molecule has 0 aliphatic heterocycles. The van der Waals surface area contributed by atoms with Crippen LogP contribution in [0.25, 0.3) is 10.9 Å². The van der Waals surface area contributed by atoms with Crippen molar-refractivity contribution in [2.45, 2.75) is 20.0 Å². The summed E-state index contributed by atoms with van der Waals surface area (Å²) in [5, 5.41) is 10.6. The van der Waals surface area contributed by atoms with E-state index < -0.39 is 6.10 Å². The van der Waals surface area contributed by atoms with Crippen molar-refractivity contribution in [3.05, 3.63) is 59.9 Å². The molecule has 1 aromatic carbocycles. The second kappa shape index (κ2) is 5.50. The number of aliphatic hydroxyl groups is 1. The Morgan fingerprint density at radius 1 is 1.14 bits per heavy atom. The van der Waals surface area contributed by atoms with Crippen LogP contribution in [0.1, 0.15) is 24.3 Å². The fourth-order valence-corrected chi connectivity index (χ4v) is 2.15. The Labute approximate surface area is 123 Å². The van der Waals surface area contributed by atoms with Gasteiger partial charge in [-0.2, -0.15) is 0 Å². The predicted molar refractivity (Wildman–Crippen MR) is 81.4 cm³/mol. The third-order valence-electron chi connectivity index (χ3n) is 3.28. The van der Waals surface area contributed by atoms with E-state index in [-0.39, 0.29) is 0 Å². The highest BCUT2D eigenvalue weighted by Crippen LogP contribution is 2.28. The van der Waals surface area contributed by atoms with Crippen molar-refractivity contribution >= 4 is 10.9 Å². The minimum Gasteiger partial charge on any atom is -0.437 e. The number of fused-ring (bicyclic) bond motifs is 1. The van der Waals surface area contributed by atoms with Crippen LogP contribution in [0.3, 0.4) is 0 Å². The Morgan fingerprint density at radius 2 is 2.00 bits per heavy atom. The van der Waals surface area contributed by atoms with Gasteiger partial charge in [0.2, 0.25) is 5.88 Å². The maximum Gasteiger partial charge on any atom is 0.219 e. The van der Waals surface area contributed by atoms with Crippen LogP contribution in [0.15, 0.2) is 48.7 Å². The Bertz CT molecular complexity index is 785. The number of benzene rings is 1. The summed E-state index contributed by atoms with van der Waals surface area (Å²) in [6.45, 7) is 3.66. The number of nitrogens with zero attached hydrogens (tertiary/aromatic N) is 2. The van der Waals surface area contributed by atoms with Crippen molar-refractivity contribution < 1.29 is 9.84 Å². The summed E-state index contributed by atoms with van der Waals surface area (Å²) in [5.41, 5.74) is 2.51. The average Bonchev–Trinajstić information content (AvgIpc) is 2.48. The quantitative estimate of drug-likeness (QED) is 0.793. The van der Waals surface area contributed by atoms with Gasteiger partial charge in [0.25, 0.3) is 0 Å². The Hall–Kier alpha value is -2.46. The van der Waals surface area contributed by atoms with Gasteiger partial charge in [0, 0.05) is 23.3 Å². The van der Waals surface area contributed by atoms with Gasteiger partial charge in [0.05, 0.1) is 6.10 Å². The zero-order valence-corrected chi connectivity index (χ0v) is 11.9. The zero-order valence-electron chi connectivity index (χ0n) is 11.9. The number of aliphatic hydroxyl groups excluding tert-OH is 1. The van der Waals surface area contributed by atoms with Gasteiger partial charge in [0.15, 0.2) is 5.75 Å². The van der Waals surface area contributed by atoms with E-state index in [9.17, 15) is 5.11 Å². The van der Waals surface area contributed by atoms with E-state index in [0.717, 1.165) is 22.2 Å². The van der Waals surface area contributed by atoms with Crippen LogP contribution >= 0.6 is 0 Å². The highest BCUT2D eigenvalue weighted by atomic mass is 16.5. The van der Waals surface area contributed by atoms with E-state index in [0.29, 0.717) is 11.6 Å². The molecule has 1 unspecified atom stereocenters. The molecule has 0 saturated carbocycles. The van der Waals surface area contributed by atoms with Crippen LogP contribution in [0, 0.1) is 6.92 Å². The van der Waals surface area contributed by atoms with Gasteiger partial charge in [-0.1, -0.05) is 18.2 Å².